The Morgan fingerprint density at radius 3 is 2.45 bits per heavy atom. The molecule has 1 aliphatic heterocycles. The molecule has 0 amide bonds. The summed E-state index contributed by atoms with van der Waals surface area (Å²) in [6.45, 7) is 2.31. The van der Waals surface area contributed by atoms with Gasteiger partial charge in [-0.15, -0.1) is 0 Å². The fraction of sp³-hybridized carbons (Fsp3) is 0.273. The summed E-state index contributed by atoms with van der Waals surface area (Å²) in [5.41, 5.74) is 9.72. The molecule has 0 bridgehead atoms. The minimum absolute atomic E-state index is 0.0588. The lowest BCUT2D eigenvalue weighted by molar-refractivity contribution is -0.131. The Labute approximate surface area is 224 Å². The second kappa shape index (κ2) is 9.97. The van der Waals surface area contributed by atoms with Crippen molar-refractivity contribution in [3.63, 3.8) is 0 Å². The van der Waals surface area contributed by atoms with Crippen LogP contribution >= 0.6 is 0 Å². The van der Waals surface area contributed by atoms with Gasteiger partial charge in [0.25, 0.3) is 0 Å². The monoisotopic (exact) mass is 503 g/mol. The maximum Gasteiger partial charge on any atom is 0.328 e. The topological polar surface area (TPSA) is 58.4 Å². The van der Waals surface area contributed by atoms with Crippen molar-refractivity contribution in [2.75, 3.05) is 4.90 Å². The number of aliphatic carboxylic acids is 1. The number of fused-ring (bicyclic) bond motifs is 1. The molecule has 2 atom stereocenters. The van der Waals surface area contributed by atoms with E-state index >= 15 is 0 Å². The highest BCUT2D eigenvalue weighted by atomic mass is 16.4. The highest BCUT2D eigenvalue weighted by Crippen LogP contribution is 2.42. The van der Waals surface area contributed by atoms with Crippen LogP contribution in [0.25, 0.3) is 17.2 Å². The number of carboxylic acids is 1. The zero-order valence-corrected chi connectivity index (χ0v) is 21.9. The van der Waals surface area contributed by atoms with Gasteiger partial charge >= 0.3 is 5.97 Å². The van der Waals surface area contributed by atoms with Gasteiger partial charge in [0.05, 0.1) is 12.2 Å². The molecule has 2 heterocycles. The largest absolute Gasteiger partial charge is 0.478 e. The summed E-state index contributed by atoms with van der Waals surface area (Å²) >= 11 is 0. The Bertz CT molecular complexity index is 1480. The first-order valence-electron chi connectivity index (χ1n) is 13.4. The van der Waals surface area contributed by atoms with E-state index in [2.05, 4.69) is 77.7 Å². The highest BCUT2D eigenvalue weighted by molar-refractivity contribution is 5.85. The van der Waals surface area contributed by atoms with Gasteiger partial charge in [0.15, 0.2) is 0 Å². The van der Waals surface area contributed by atoms with E-state index in [-0.39, 0.29) is 6.04 Å². The van der Waals surface area contributed by atoms with E-state index in [1.807, 2.05) is 30.1 Å². The molecule has 1 saturated carbocycles. The van der Waals surface area contributed by atoms with Crippen LogP contribution in [0, 0.1) is 5.92 Å². The molecule has 5 nitrogen and oxygen atoms in total. The molecule has 1 N–H and O–H groups in total. The number of carboxylic acid groups (broad SMARTS) is 1. The number of hydrogen-bond donors (Lipinski definition) is 1. The smallest absolute Gasteiger partial charge is 0.328 e. The average molecular weight is 504 g/mol. The van der Waals surface area contributed by atoms with E-state index in [1.165, 1.54) is 58.8 Å². The van der Waals surface area contributed by atoms with Gasteiger partial charge in [0, 0.05) is 36.6 Å². The van der Waals surface area contributed by atoms with Gasteiger partial charge in [-0.05, 0) is 90.1 Å². The van der Waals surface area contributed by atoms with E-state index in [0.29, 0.717) is 6.04 Å². The van der Waals surface area contributed by atoms with Gasteiger partial charge in [0.2, 0.25) is 0 Å². The van der Waals surface area contributed by atoms with Crippen molar-refractivity contribution in [2.24, 2.45) is 13.0 Å². The van der Waals surface area contributed by atoms with Crippen molar-refractivity contribution in [3.8, 4) is 11.1 Å². The molecule has 38 heavy (non-hydrogen) atoms. The van der Waals surface area contributed by atoms with Crippen LogP contribution in [0.3, 0.4) is 0 Å². The van der Waals surface area contributed by atoms with Gasteiger partial charge in [-0.25, -0.2) is 4.79 Å². The van der Waals surface area contributed by atoms with Crippen molar-refractivity contribution < 1.29 is 9.90 Å². The molecular formula is C33H33N3O2. The van der Waals surface area contributed by atoms with Crippen LogP contribution in [0.15, 0.2) is 85.2 Å². The Balaban J connectivity index is 1.40. The van der Waals surface area contributed by atoms with Gasteiger partial charge in [-0.3, -0.25) is 4.68 Å². The summed E-state index contributed by atoms with van der Waals surface area (Å²) in [6, 6.07) is 24.7. The highest BCUT2D eigenvalue weighted by Gasteiger charge is 2.34. The van der Waals surface area contributed by atoms with Gasteiger partial charge in [-0.1, -0.05) is 54.6 Å². The van der Waals surface area contributed by atoms with Gasteiger partial charge in [0.1, 0.15) is 0 Å². The molecule has 1 aliphatic carbocycles. The quantitative estimate of drug-likeness (QED) is 0.286. The van der Waals surface area contributed by atoms with E-state index in [9.17, 15) is 4.79 Å². The van der Waals surface area contributed by atoms with Crippen LogP contribution in [0.5, 0.6) is 0 Å². The molecule has 1 aromatic heterocycles. The normalized spacial score (nSPS) is 19.1. The molecule has 0 saturated heterocycles. The molecule has 6 rings (SSSR count). The number of aromatic nitrogens is 2. The standard InChI is InChI=1S/C33H33N3O2/c1-22-17-28-19-27(29-20-34-35(2)21-29)12-15-31(28)33(26-10-5-23(6-11-26)9-16-32(37)38)36(22)30-13-7-25(8-14-30)18-24-3-4-24/h5-16,19-22,24,33H,3-4,17-18H2,1-2H3,(H,37,38)/b16-9+/t22-,33-/m0/s1. The Morgan fingerprint density at radius 2 is 1.79 bits per heavy atom. The first-order chi connectivity index (χ1) is 18.4. The molecule has 1 fully saturated rings. The summed E-state index contributed by atoms with van der Waals surface area (Å²) in [5.74, 6) is -0.0677. The number of aryl methyl sites for hydroxylation is 1. The number of anilines is 1. The zero-order valence-electron chi connectivity index (χ0n) is 21.9. The van der Waals surface area contributed by atoms with E-state index in [0.717, 1.165) is 23.5 Å². The number of rotatable bonds is 7. The number of hydrogen-bond acceptors (Lipinski definition) is 3. The van der Waals surface area contributed by atoms with Crippen LogP contribution in [0.2, 0.25) is 0 Å². The van der Waals surface area contributed by atoms with Crippen molar-refractivity contribution in [1.29, 1.82) is 0 Å². The molecule has 2 aliphatic rings. The molecule has 3 aromatic carbocycles. The van der Waals surface area contributed by atoms with Crippen LogP contribution in [-0.4, -0.2) is 26.9 Å². The average Bonchev–Trinajstić information content (AvgIpc) is 3.63. The maximum atomic E-state index is 11.0. The zero-order chi connectivity index (χ0) is 26.2. The van der Waals surface area contributed by atoms with Crippen LogP contribution in [0.1, 0.15) is 53.6 Å². The Kier molecular flexibility index (Phi) is 6.36. The second-order valence-electron chi connectivity index (χ2n) is 10.8. The molecule has 5 heteroatoms. The summed E-state index contributed by atoms with van der Waals surface area (Å²) in [5, 5.41) is 13.4. The van der Waals surface area contributed by atoms with Gasteiger partial charge in [-0.2, -0.15) is 5.10 Å². The van der Waals surface area contributed by atoms with Crippen LogP contribution < -0.4 is 4.90 Å². The fourth-order valence-corrected chi connectivity index (χ4v) is 5.78. The van der Waals surface area contributed by atoms with Crippen LogP contribution in [-0.2, 0) is 24.7 Å². The third kappa shape index (κ3) is 5.01. The Morgan fingerprint density at radius 1 is 1.03 bits per heavy atom. The van der Waals surface area contributed by atoms with Crippen molar-refractivity contribution in [2.45, 2.75) is 44.7 Å². The molecule has 0 unspecified atom stereocenters. The molecular weight excluding hydrogens is 470 g/mol. The third-order valence-corrected chi connectivity index (χ3v) is 7.87. The molecule has 192 valence electrons. The summed E-state index contributed by atoms with van der Waals surface area (Å²) in [7, 11) is 1.95. The fourth-order valence-electron chi connectivity index (χ4n) is 5.78. The Hall–Kier alpha value is -4.12. The first-order valence-corrected chi connectivity index (χ1v) is 13.4. The SMILES string of the molecule is C[C@H]1Cc2cc(-c3cnn(C)c3)ccc2[C@H](c2ccc(/C=C/C(=O)O)cc2)N1c1ccc(CC2CC2)cc1. The first kappa shape index (κ1) is 24.2. The summed E-state index contributed by atoms with van der Waals surface area (Å²) in [6.07, 6.45) is 11.7. The number of nitrogens with zero attached hydrogens (tertiary/aromatic N) is 3. The summed E-state index contributed by atoms with van der Waals surface area (Å²) < 4.78 is 1.84. The van der Waals surface area contributed by atoms with E-state index < -0.39 is 5.97 Å². The second-order valence-corrected chi connectivity index (χ2v) is 10.8. The van der Waals surface area contributed by atoms with Crippen molar-refractivity contribution >= 4 is 17.7 Å². The number of carbonyl (C=O) groups is 1. The summed E-state index contributed by atoms with van der Waals surface area (Å²) in [4.78, 5) is 13.5. The minimum atomic E-state index is -0.940. The lowest BCUT2D eigenvalue weighted by atomic mass is 9.83. The lowest BCUT2D eigenvalue weighted by Crippen LogP contribution is -2.42. The van der Waals surface area contributed by atoms with E-state index in [1.54, 1.807) is 6.08 Å². The van der Waals surface area contributed by atoms with Gasteiger partial charge < -0.3 is 10.0 Å². The minimum Gasteiger partial charge on any atom is -0.478 e. The van der Waals surface area contributed by atoms with Crippen molar-refractivity contribution in [3.05, 3.63) is 113 Å². The predicted octanol–water partition coefficient (Wildman–Crippen LogP) is 6.68. The maximum absolute atomic E-state index is 11.0. The third-order valence-electron chi connectivity index (χ3n) is 7.87. The van der Waals surface area contributed by atoms with Crippen molar-refractivity contribution in [1.82, 2.24) is 9.78 Å². The van der Waals surface area contributed by atoms with Crippen LogP contribution in [0.4, 0.5) is 5.69 Å². The molecule has 0 radical (unpaired) electrons. The molecule has 4 aromatic rings. The lowest BCUT2D eigenvalue weighted by Gasteiger charge is -2.44. The predicted molar refractivity (Wildman–Crippen MR) is 152 cm³/mol. The number of benzene rings is 3. The van der Waals surface area contributed by atoms with E-state index in [4.69, 9.17) is 5.11 Å². The molecule has 0 spiro atoms.